The van der Waals surface area contributed by atoms with Crippen molar-refractivity contribution >= 4 is 32.4 Å². The number of anilines is 1. The fourth-order valence-electron chi connectivity index (χ4n) is 1.42. The van der Waals surface area contributed by atoms with Gasteiger partial charge in [0.2, 0.25) is 0 Å². The monoisotopic (exact) mass is 310 g/mol. The zero-order valence-electron chi connectivity index (χ0n) is 8.97. The second-order valence-electron chi connectivity index (χ2n) is 3.48. The van der Waals surface area contributed by atoms with Crippen LogP contribution < -0.4 is 5.73 Å². The van der Waals surface area contributed by atoms with E-state index in [1.54, 1.807) is 18.3 Å². The predicted molar refractivity (Wildman–Crippen MR) is 72.9 cm³/mol. The van der Waals surface area contributed by atoms with Gasteiger partial charge in [-0.25, -0.2) is 4.98 Å². The average molecular weight is 311 g/mol. The van der Waals surface area contributed by atoms with E-state index in [0.717, 1.165) is 10.0 Å². The summed E-state index contributed by atoms with van der Waals surface area (Å²) in [5, 5.41) is 0.447. The summed E-state index contributed by atoms with van der Waals surface area (Å²) in [4.78, 5) is 4.06. The molecule has 0 fully saturated rings. The quantitative estimate of drug-likeness (QED) is 0.948. The summed E-state index contributed by atoms with van der Waals surface area (Å²) in [7, 11) is -1.22. The second-order valence-corrected chi connectivity index (χ2v) is 5.70. The van der Waals surface area contributed by atoms with E-state index in [2.05, 4.69) is 20.9 Å². The molecule has 1 heterocycles. The van der Waals surface area contributed by atoms with Gasteiger partial charge < -0.3 is 5.73 Å². The van der Waals surface area contributed by atoms with E-state index in [9.17, 15) is 4.21 Å². The van der Waals surface area contributed by atoms with Crippen LogP contribution in [0.25, 0.3) is 0 Å². The van der Waals surface area contributed by atoms with Crippen LogP contribution in [0, 0.1) is 0 Å². The van der Waals surface area contributed by atoms with Crippen molar-refractivity contribution in [2.75, 3.05) is 5.73 Å². The van der Waals surface area contributed by atoms with E-state index in [-0.39, 0.29) is 0 Å². The second kappa shape index (κ2) is 5.42. The van der Waals surface area contributed by atoms with E-state index in [1.165, 1.54) is 0 Å². The number of nitrogens with zero attached hydrogens (tertiary/aromatic N) is 1. The number of hydrogen-bond acceptors (Lipinski definition) is 3. The first-order valence-corrected chi connectivity index (χ1v) is 7.12. The van der Waals surface area contributed by atoms with Gasteiger partial charge in [-0.3, -0.25) is 4.21 Å². The lowest BCUT2D eigenvalue weighted by atomic mass is 10.2. The van der Waals surface area contributed by atoms with Gasteiger partial charge in [-0.15, -0.1) is 0 Å². The van der Waals surface area contributed by atoms with Crippen LogP contribution in [0.1, 0.15) is 5.56 Å². The molecule has 0 radical (unpaired) electrons. The molecular weight excluding hydrogens is 300 g/mol. The highest BCUT2D eigenvalue weighted by molar-refractivity contribution is 9.10. The van der Waals surface area contributed by atoms with E-state index in [1.807, 2.05) is 24.3 Å². The molecule has 0 aliphatic rings. The van der Waals surface area contributed by atoms with Crippen LogP contribution in [0.3, 0.4) is 0 Å². The topological polar surface area (TPSA) is 56.0 Å². The molecule has 0 saturated carbocycles. The van der Waals surface area contributed by atoms with Crippen molar-refractivity contribution in [2.24, 2.45) is 0 Å². The van der Waals surface area contributed by atoms with Crippen molar-refractivity contribution in [3.63, 3.8) is 0 Å². The molecule has 1 aromatic carbocycles. The first kappa shape index (κ1) is 12.3. The molecule has 0 amide bonds. The Bertz CT molecular complexity index is 560. The van der Waals surface area contributed by atoms with Gasteiger partial charge in [0, 0.05) is 10.7 Å². The molecule has 0 aliphatic heterocycles. The maximum absolute atomic E-state index is 12.1. The fraction of sp³-hybridized carbons (Fsp3) is 0.0833. The minimum Gasteiger partial charge on any atom is -0.396 e. The molecule has 0 bridgehead atoms. The summed E-state index contributed by atoms with van der Waals surface area (Å²) in [6.07, 6.45) is 1.60. The lowest BCUT2D eigenvalue weighted by molar-refractivity contribution is 0.680. The summed E-state index contributed by atoms with van der Waals surface area (Å²) in [6, 6.07) is 11.1. The molecular formula is C12H11BrN2OS. The van der Waals surface area contributed by atoms with Crippen LogP contribution in [-0.4, -0.2) is 9.19 Å². The van der Waals surface area contributed by atoms with Crippen molar-refractivity contribution in [3.05, 3.63) is 52.6 Å². The molecule has 2 N–H and O–H groups in total. The standard InChI is InChI=1S/C12H11BrN2OS/c13-10-5-2-1-4-9(10)8-17(16)12-11(14)6-3-7-15-12/h1-7H,8,14H2. The molecule has 5 heteroatoms. The predicted octanol–water partition coefficient (Wildman–Crippen LogP) is 2.73. The lowest BCUT2D eigenvalue weighted by Gasteiger charge is -2.05. The molecule has 1 aromatic heterocycles. The summed E-state index contributed by atoms with van der Waals surface area (Å²) >= 11 is 3.43. The van der Waals surface area contributed by atoms with Gasteiger partial charge in [0.15, 0.2) is 0 Å². The van der Waals surface area contributed by atoms with Gasteiger partial charge in [0.25, 0.3) is 0 Å². The van der Waals surface area contributed by atoms with Gasteiger partial charge in [0.1, 0.15) is 5.03 Å². The zero-order chi connectivity index (χ0) is 12.3. The van der Waals surface area contributed by atoms with Crippen LogP contribution in [-0.2, 0) is 16.6 Å². The van der Waals surface area contributed by atoms with Gasteiger partial charge in [0.05, 0.1) is 22.2 Å². The molecule has 2 rings (SSSR count). The number of benzene rings is 1. The van der Waals surface area contributed by atoms with Crippen molar-refractivity contribution < 1.29 is 4.21 Å². The largest absolute Gasteiger partial charge is 0.396 e. The van der Waals surface area contributed by atoms with E-state index in [0.29, 0.717) is 16.5 Å². The lowest BCUT2D eigenvalue weighted by Crippen LogP contribution is -2.03. The third kappa shape index (κ3) is 2.92. The number of pyridine rings is 1. The summed E-state index contributed by atoms with van der Waals surface area (Å²) in [6.45, 7) is 0. The fourth-order valence-corrected chi connectivity index (χ4v) is 3.21. The van der Waals surface area contributed by atoms with Gasteiger partial charge >= 0.3 is 0 Å². The van der Waals surface area contributed by atoms with Crippen molar-refractivity contribution in [3.8, 4) is 0 Å². The molecule has 0 saturated heterocycles. The smallest absolute Gasteiger partial charge is 0.150 e. The molecule has 1 unspecified atom stereocenters. The average Bonchev–Trinajstić information content (AvgIpc) is 2.32. The first-order valence-electron chi connectivity index (χ1n) is 5.01. The van der Waals surface area contributed by atoms with Gasteiger partial charge in [-0.1, -0.05) is 34.1 Å². The van der Waals surface area contributed by atoms with E-state index >= 15 is 0 Å². The summed E-state index contributed by atoms with van der Waals surface area (Å²) < 4.78 is 13.1. The molecule has 1 atom stereocenters. The third-order valence-electron chi connectivity index (χ3n) is 2.26. The van der Waals surface area contributed by atoms with Crippen LogP contribution in [0.4, 0.5) is 5.69 Å². The summed E-state index contributed by atoms with van der Waals surface area (Å²) in [5.41, 5.74) is 7.20. The number of nitrogens with two attached hydrogens (primary N) is 1. The number of nitrogen functional groups attached to an aromatic ring is 1. The van der Waals surface area contributed by atoms with Crippen molar-refractivity contribution in [1.82, 2.24) is 4.98 Å². The Kier molecular flexibility index (Phi) is 3.91. The maximum atomic E-state index is 12.1. The number of aromatic nitrogens is 1. The van der Waals surface area contributed by atoms with Crippen LogP contribution in [0.5, 0.6) is 0 Å². The van der Waals surface area contributed by atoms with Crippen LogP contribution in [0.2, 0.25) is 0 Å². The highest BCUT2D eigenvalue weighted by atomic mass is 79.9. The van der Waals surface area contributed by atoms with Crippen LogP contribution >= 0.6 is 15.9 Å². The Hall–Kier alpha value is -1.20. The van der Waals surface area contributed by atoms with E-state index < -0.39 is 10.8 Å². The minimum atomic E-state index is -1.22. The highest BCUT2D eigenvalue weighted by Gasteiger charge is 2.11. The Morgan fingerprint density at radius 2 is 2.00 bits per heavy atom. The molecule has 2 aromatic rings. The Morgan fingerprint density at radius 3 is 2.71 bits per heavy atom. The molecule has 0 aliphatic carbocycles. The normalized spacial score (nSPS) is 12.3. The molecule has 17 heavy (non-hydrogen) atoms. The highest BCUT2D eigenvalue weighted by Crippen LogP contribution is 2.21. The van der Waals surface area contributed by atoms with Gasteiger partial charge in [-0.2, -0.15) is 0 Å². The van der Waals surface area contributed by atoms with Crippen molar-refractivity contribution in [2.45, 2.75) is 10.8 Å². The molecule has 0 spiro atoms. The van der Waals surface area contributed by atoms with Crippen molar-refractivity contribution in [1.29, 1.82) is 0 Å². The maximum Gasteiger partial charge on any atom is 0.150 e. The zero-order valence-corrected chi connectivity index (χ0v) is 11.4. The SMILES string of the molecule is Nc1cccnc1S(=O)Cc1ccccc1Br. The number of rotatable bonds is 3. The Labute approximate surface area is 111 Å². The molecule has 88 valence electrons. The number of hydrogen-bond donors (Lipinski definition) is 1. The summed E-state index contributed by atoms with van der Waals surface area (Å²) in [5.74, 6) is 0.405. The van der Waals surface area contributed by atoms with Gasteiger partial charge in [-0.05, 0) is 23.8 Å². The van der Waals surface area contributed by atoms with E-state index in [4.69, 9.17) is 5.73 Å². The Morgan fingerprint density at radius 1 is 1.24 bits per heavy atom. The number of halogens is 1. The van der Waals surface area contributed by atoms with Crippen LogP contribution in [0.15, 0.2) is 52.1 Å². The minimum absolute atomic E-state index is 0.405. The third-order valence-corrected chi connectivity index (χ3v) is 4.38. The first-order chi connectivity index (χ1) is 8.18. The Balaban J connectivity index is 2.24. The molecule has 3 nitrogen and oxygen atoms in total.